The first-order chi connectivity index (χ1) is 13.1. The van der Waals surface area contributed by atoms with Crippen molar-refractivity contribution in [2.45, 2.75) is 12.8 Å². The zero-order valence-corrected chi connectivity index (χ0v) is 16.5. The summed E-state index contributed by atoms with van der Waals surface area (Å²) in [5, 5.41) is 10.8. The number of rotatable bonds is 4. The highest BCUT2D eigenvalue weighted by Crippen LogP contribution is 2.31. The van der Waals surface area contributed by atoms with E-state index >= 15 is 0 Å². The van der Waals surface area contributed by atoms with Crippen LogP contribution in [0.15, 0.2) is 42.9 Å². The van der Waals surface area contributed by atoms with E-state index in [1.165, 1.54) is 12.0 Å². The molecule has 1 aliphatic rings. The fourth-order valence-corrected chi connectivity index (χ4v) is 4.70. The lowest BCUT2D eigenvalue weighted by Gasteiger charge is -2.13. The highest BCUT2D eigenvalue weighted by atomic mass is 35.5. The lowest BCUT2D eigenvalue weighted by atomic mass is 10.0. The fraction of sp³-hybridized carbons (Fsp3) is 0.316. The molecule has 1 unspecified atom stereocenters. The summed E-state index contributed by atoms with van der Waals surface area (Å²) in [5.74, 6) is 0.648. The summed E-state index contributed by atoms with van der Waals surface area (Å²) >= 11 is 7.62. The second-order valence-electron chi connectivity index (χ2n) is 7.07. The number of anilines is 1. The summed E-state index contributed by atoms with van der Waals surface area (Å²) in [6, 6.07) is 7.74. The molecular formula is C19H19ClN6S. The van der Waals surface area contributed by atoms with Gasteiger partial charge in [-0.05, 0) is 36.5 Å². The van der Waals surface area contributed by atoms with Crippen LogP contribution in [-0.4, -0.2) is 37.5 Å². The minimum absolute atomic E-state index is 0.648. The van der Waals surface area contributed by atoms with Gasteiger partial charge in [-0.1, -0.05) is 35.1 Å². The van der Waals surface area contributed by atoms with Crippen LogP contribution in [-0.2, 0) is 13.5 Å². The molecule has 5 rings (SSSR count). The third kappa shape index (κ3) is 3.33. The number of aryl methyl sites for hydroxylation is 1. The Balaban J connectivity index is 1.31. The second-order valence-corrected chi connectivity index (χ2v) is 8.44. The largest absolute Gasteiger partial charge is 0.346 e. The van der Waals surface area contributed by atoms with Gasteiger partial charge in [0.1, 0.15) is 0 Å². The Morgan fingerprint density at radius 1 is 1.22 bits per heavy atom. The molecule has 8 heteroatoms. The van der Waals surface area contributed by atoms with Crippen molar-refractivity contribution in [1.29, 1.82) is 0 Å². The van der Waals surface area contributed by atoms with Crippen molar-refractivity contribution < 1.29 is 0 Å². The lowest BCUT2D eigenvalue weighted by molar-refractivity contribution is 0.586. The van der Waals surface area contributed by atoms with E-state index in [4.69, 9.17) is 21.7 Å². The molecule has 0 radical (unpaired) electrons. The van der Waals surface area contributed by atoms with E-state index in [0.29, 0.717) is 5.92 Å². The molecule has 1 fully saturated rings. The molecule has 0 bridgehead atoms. The van der Waals surface area contributed by atoms with E-state index in [1.54, 1.807) is 11.3 Å². The molecule has 6 nitrogen and oxygen atoms in total. The van der Waals surface area contributed by atoms with Gasteiger partial charge in [0, 0.05) is 36.9 Å². The number of aromatic nitrogens is 5. The van der Waals surface area contributed by atoms with Crippen molar-refractivity contribution in [1.82, 2.24) is 24.4 Å². The molecule has 4 aromatic rings. The molecule has 0 N–H and O–H groups in total. The maximum Gasteiger partial charge on any atom is 0.214 e. The number of fused-ring (bicyclic) bond motifs is 1. The number of hydrogen-bond acceptors (Lipinski definition) is 5. The van der Waals surface area contributed by atoms with E-state index in [-0.39, 0.29) is 0 Å². The molecule has 1 aliphatic heterocycles. The van der Waals surface area contributed by atoms with Crippen LogP contribution in [0.4, 0.5) is 5.13 Å². The van der Waals surface area contributed by atoms with E-state index in [2.05, 4.69) is 16.2 Å². The molecule has 0 saturated carbocycles. The summed E-state index contributed by atoms with van der Waals surface area (Å²) in [5.41, 5.74) is 3.29. The average Bonchev–Trinajstić information content (AvgIpc) is 3.39. The number of benzene rings is 1. The molecule has 1 saturated heterocycles. The maximum absolute atomic E-state index is 5.97. The van der Waals surface area contributed by atoms with E-state index in [9.17, 15) is 0 Å². The molecule has 4 heterocycles. The Morgan fingerprint density at radius 3 is 2.81 bits per heavy atom. The van der Waals surface area contributed by atoms with Crippen LogP contribution >= 0.6 is 22.9 Å². The third-order valence-electron chi connectivity index (χ3n) is 5.01. The summed E-state index contributed by atoms with van der Waals surface area (Å²) in [7, 11) is 1.97. The normalized spacial score (nSPS) is 17.3. The quantitative estimate of drug-likeness (QED) is 0.523. The van der Waals surface area contributed by atoms with Crippen molar-refractivity contribution in [3.8, 4) is 11.3 Å². The number of imidazole rings is 1. The van der Waals surface area contributed by atoms with Crippen LogP contribution in [0.1, 0.15) is 12.0 Å². The van der Waals surface area contributed by atoms with Crippen molar-refractivity contribution in [3.63, 3.8) is 0 Å². The molecule has 0 aliphatic carbocycles. The molecular weight excluding hydrogens is 380 g/mol. The molecule has 3 aromatic heterocycles. The van der Waals surface area contributed by atoms with Crippen LogP contribution in [0.5, 0.6) is 0 Å². The first-order valence-corrected chi connectivity index (χ1v) is 10.2. The van der Waals surface area contributed by atoms with Crippen molar-refractivity contribution in [2.75, 3.05) is 18.0 Å². The third-order valence-corrected chi connectivity index (χ3v) is 6.25. The molecule has 138 valence electrons. The molecule has 0 spiro atoms. The average molecular weight is 399 g/mol. The highest BCUT2D eigenvalue weighted by molar-refractivity contribution is 7.20. The summed E-state index contributed by atoms with van der Waals surface area (Å²) < 4.78 is 3.76. The van der Waals surface area contributed by atoms with Crippen molar-refractivity contribution >= 4 is 33.0 Å². The second kappa shape index (κ2) is 6.65. The Hall–Kier alpha value is -2.38. The summed E-state index contributed by atoms with van der Waals surface area (Å²) in [4.78, 5) is 8.03. The first kappa shape index (κ1) is 16.8. The molecule has 0 amide bonds. The fourth-order valence-electron chi connectivity index (χ4n) is 3.66. The summed E-state index contributed by atoms with van der Waals surface area (Å²) in [6.07, 6.45) is 8.33. The first-order valence-electron chi connectivity index (χ1n) is 8.99. The van der Waals surface area contributed by atoms with Crippen molar-refractivity contribution in [3.05, 3.63) is 53.4 Å². The van der Waals surface area contributed by atoms with Gasteiger partial charge in [0.2, 0.25) is 10.1 Å². The van der Waals surface area contributed by atoms with E-state index < -0.39 is 0 Å². The van der Waals surface area contributed by atoms with E-state index in [1.807, 2.05) is 52.9 Å². The predicted octanol–water partition coefficient (Wildman–Crippen LogP) is 3.91. The minimum Gasteiger partial charge on any atom is -0.346 e. The maximum atomic E-state index is 5.97. The van der Waals surface area contributed by atoms with Crippen LogP contribution in [0, 0.1) is 5.92 Å². The van der Waals surface area contributed by atoms with Crippen LogP contribution in [0.25, 0.3) is 16.2 Å². The predicted molar refractivity (Wildman–Crippen MR) is 109 cm³/mol. The Morgan fingerprint density at radius 2 is 2.07 bits per heavy atom. The van der Waals surface area contributed by atoms with Crippen molar-refractivity contribution in [2.24, 2.45) is 13.0 Å². The lowest BCUT2D eigenvalue weighted by Crippen LogP contribution is -2.20. The standard InChI is InChI=1S/C19H19ClN6S/c1-24-10-14(9-21-24)8-13-6-7-25(11-13)19-23-26-12-17(22-18(26)27-19)15-2-4-16(20)5-3-15/h2-5,9-10,12-13H,6-8,11H2,1H3. The Bertz CT molecular complexity index is 1050. The van der Waals surface area contributed by atoms with Crippen LogP contribution < -0.4 is 4.90 Å². The van der Waals surface area contributed by atoms with Gasteiger partial charge in [-0.15, -0.1) is 5.10 Å². The van der Waals surface area contributed by atoms with Crippen LogP contribution in [0.2, 0.25) is 5.02 Å². The number of halogens is 1. The Labute approximate surface area is 166 Å². The molecule has 27 heavy (non-hydrogen) atoms. The van der Waals surface area contributed by atoms with Crippen LogP contribution in [0.3, 0.4) is 0 Å². The van der Waals surface area contributed by atoms with Gasteiger partial charge in [0.05, 0.1) is 18.1 Å². The van der Waals surface area contributed by atoms with Gasteiger partial charge in [-0.3, -0.25) is 4.68 Å². The summed E-state index contributed by atoms with van der Waals surface area (Å²) in [6.45, 7) is 2.08. The number of hydrogen-bond donors (Lipinski definition) is 0. The smallest absolute Gasteiger partial charge is 0.214 e. The molecule has 1 atom stereocenters. The number of nitrogens with zero attached hydrogens (tertiary/aromatic N) is 6. The van der Waals surface area contributed by atoms with Gasteiger partial charge < -0.3 is 4.90 Å². The highest BCUT2D eigenvalue weighted by Gasteiger charge is 2.26. The van der Waals surface area contributed by atoms with Gasteiger partial charge in [0.15, 0.2) is 0 Å². The van der Waals surface area contributed by atoms with Gasteiger partial charge >= 0.3 is 0 Å². The zero-order chi connectivity index (χ0) is 18.4. The van der Waals surface area contributed by atoms with Gasteiger partial charge in [-0.2, -0.15) is 5.10 Å². The Kier molecular flexibility index (Phi) is 4.13. The topological polar surface area (TPSA) is 51.2 Å². The zero-order valence-electron chi connectivity index (χ0n) is 14.9. The minimum atomic E-state index is 0.648. The van der Waals surface area contributed by atoms with Gasteiger partial charge in [0.25, 0.3) is 0 Å². The monoisotopic (exact) mass is 398 g/mol. The molecule has 1 aromatic carbocycles. The van der Waals surface area contributed by atoms with E-state index in [0.717, 1.165) is 45.9 Å². The van der Waals surface area contributed by atoms with Gasteiger partial charge in [-0.25, -0.2) is 9.50 Å². The SMILES string of the molecule is Cn1cc(CC2CCN(c3nn4cc(-c5ccc(Cl)cc5)nc4s3)C2)cn1.